The molecule has 0 unspecified atom stereocenters. The molecule has 0 aliphatic carbocycles. The molecule has 0 spiro atoms. The number of carbonyl (C=O) groups excluding carboxylic acids is 2. The lowest BCUT2D eigenvalue weighted by atomic mass is 9.95. The summed E-state index contributed by atoms with van der Waals surface area (Å²) in [4.78, 5) is 32.8. The van der Waals surface area contributed by atoms with E-state index in [1.54, 1.807) is 61.7 Å². The van der Waals surface area contributed by atoms with Crippen LogP contribution in [0.1, 0.15) is 17.2 Å². The van der Waals surface area contributed by atoms with E-state index in [9.17, 15) is 14.7 Å². The second-order valence-electron chi connectivity index (χ2n) is 8.41. The van der Waals surface area contributed by atoms with Gasteiger partial charge in [-0.1, -0.05) is 35.1 Å². The van der Waals surface area contributed by atoms with Gasteiger partial charge in [-0.3, -0.25) is 14.5 Å². The Labute approximate surface area is 220 Å². The molecule has 1 atom stereocenters. The van der Waals surface area contributed by atoms with Gasteiger partial charge in [-0.25, -0.2) is 4.98 Å². The van der Waals surface area contributed by atoms with E-state index >= 15 is 0 Å². The van der Waals surface area contributed by atoms with Crippen LogP contribution in [-0.2, 0) is 9.59 Å². The van der Waals surface area contributed by atoms with Gasteiger partial charge in [0.05, 0.1) is 28.9 Å². The third-order valence-electron chi connectivity index (χ3n) is 6.24. The zero-order valence-corrected chi connectivity index (χ0v) is 21.0. The van der Waals surface area contributed by atoms with Crippen molar-refractivity contribution in [3.05, 3.63) is 82.4 Å². The first-order valence-electron chi connectivity index (χ1n) is 11.4. The predicted octanol–water partition coefficient (Wildman–Crippen LogP) is 5.36. The van der Waals surface area contributed by atoms with Gasteiger partial charge in [-0.05, 0) is 54.1 Å². The number of ketones is 1. The normalized spacial score (nSPS) is 18.4. The first-order chi connectivity index (χ1) is 17.9. The van der Waals surface area contributed by atoms with E-state index in [2.05, 4.69) is 4.98 Å². The fraction of sp³-hybridized carbons (Fsp3) is 0.148. The summed E-state index contributed by atoms with van der Waals surface area (Å²) in [6.45, 7) is 0.794. The van der Waals surface area contributed by atoms with Crippen molar-refractivity contribution in [2.75, 3.05) is 25.2 Å². The van der Waals surface area contributed by atoms with E-state index in [0.29, 0.717) is 57.3 Å². The summed E-state index contributed by atoms with van der Waals surface area (Å²) in [7, 11) is 1.57. The minimum absolute atomic E-state index is 0.0548. The third kappa shape index (κ3) is 3.96. The minimum atomic E-state index is -0.923. The number of nitrogens with zero attached hydrogens (tertiary/aromatic N) is 2. The van der Waals surface area contributed by atoms with Gasteiger partial charge in [0.1, 0.15) is 24.7 Å². The highest BCUT2D eigenvalue weighted by Gasteiger charge is 2.48. The number of Topliss-reactive ketones (excluding diaryl/α,β-unsaturated/α-hetero) is 1. The molecule has 186 valence electrons. The van der Waals surface area contributed by atoms with Crippen LogP contribution in [0.25, 0.3) is 16.0 Å². The molecule has 2 aliphatic heterocycles. The average molecular weight is 535 g/mol. The number of halogens is 1. The molecule has 6 rings (SSSR count). The standard InChI is InChI=1S/C27H19ClN2O6S/c1-34-17-7-8-18-21(13-17)37-27(29-18)30-23(14-2-5-16(28)6-3-14)22(25(32)26(30)33)24(31)15-4-9-19-20(12-15)36-11-10-35-19/h2-9,12-13,23,31H,10-11H2,1H3/t23-/m0/s1. The molecule has 0 bridgehead atoms. The quantitative estimate of drug-likeness (QED) is 0.214. The molecule has 2 aliphatic rings. The lowest BCUT2D eigenvalue weighted by molar-refractivity contribution is -0.132. The number of benzene rings is 3. The van der Waals surface area contributed by atoms with Crippen molar-refractivity contribution < 1.29 is 28.9 Å². The second-order valence-corrected chi connectivity index (χ2v) is 9.85. The van der Waals surface area contributed by atoms with E-state index in [1.165, 1.54) is 16.2 Å². The summed E-state index contributed by atoms with van der Waals surface area (Å²) in [6, 6.07) is 16.1. The summed E-state index contributed by atoms with van der Waals surface area (Å²) in [6.07, 6.45) is 0. The summed E-state index contributed by atoms with van der Waals surface area (Å²) >= 11 is 7.37. The lowest BCUT2D eigenvalue weighted by Crippen LogP contribution is -2.29. The number of thiazole rings is 1. The summed E-state index contributed by atoms with van der Waals surface area (Å²) in [5.74, 6) is -0.275. The molecule has 1 saturated heterocycles. The lowest BCUT2D eigenvalue weighted by Gasteiger charge is -2.23. The van der Waals surface area contributed by atoms with Crippen LogP contribution in [0.4, 0.5) is 5.13 Å². The molecule has 3 aromatic carbocycles. The number of hydrogen-bond donors (Lipinski definition) is 1. The number of aliphatic hydroxyl groups is 1. The molecule has 1 fully saturated rings. The molecule has 1 amide bonds. The molecule has 0 radical (unpaired) electrons. The predicted molar refractivity (Wildman–Crippen MR) is 140 cm³/mol. The molecule has 3 heterocycles. The van der Waals surface area contributed by atoms with E-state index in [1.807, 2.05) is 6.07 Å². The third-order valence-corrected chi connectivity index (χ3v) is 7.51. The number of rotatable bonds is 4. The fourth-order valence-electron chi connectivity index (χ4n) is 4.46. The number of hydrogen-bond acceptors (Lipinski definition) is 8. The largest absolute Gasteiger partial charge is 0.507 e. The van der Waals surface area contributed by atoms with Crippen molar-refractivity contribution >= 4 is 55.7 Å². The highest BCUT2D eigenvalue weighted by molar-refractivity contribution is 7.22. The van der Waals surface area contributed by atoms with E-state index < -0.39 is 17.7 Å². The summed E-state index contributed by atoms with van der Waals surface area (Å²) in [5.41, 5.74) is 1.53. The molecular formula is C27H19ClN2O6S. The van der Waals surface area contributed by atoms with Crippen LogP contribution in [0.2, 0.25) is 5.02 Å². The van der Waals surface area contributed by atoms with Crippen molar-refractivity contribution in [2.45, 2.75) is 6.04 Å². The van der Waals surface area contributed by atoms with Crippen molar-refractivity contribution in [3.63, 3.8) is 0 Å². The maximum absolute atomic E-state index is 13.4. The number of aliphatic hydroxyl groups excluding tert-OH is 1. The average Bonchev–Trinajstić information content (AvgIpc) is 3.46. The SMILES string of the molecule is COc1ccc2nc(N3C(=O)C(=O)C(=C(O)c4ccc5c(c4)OCCO5)[C@@H]3c3ccc(Cl)cc3)sc2c1. The van der Waals surface area contributed by atoms with Gasteiger partial charge in [0, 0.05) is 10.6 Å². The van der Waals surface area contributed by atoms with Gasteiger partial charge >= 0.3 is 5.91 Å². The van der Waals surface area contributed by atoms with Gasteiger partial charge in [-0.2, -0.15) is 0 Å². The first-order valence-corrected chi connectivity index (χ1v) is 12.5. The highest BCUT2D eigenvalue weighted by Crippen LogP contribution is 2.45. The number of carbonyl (C=O) groups is 2. The Balaban J connectivity index is 1.52. The Kier molecular flexibility index (Phi) is 5.73. The van der Waals surface area contributed by atoms with E-state index in [4.69, 9.17) is 25.8 Å². The van der Waals surface area contributed by atoms with Gasteiger partial charge in [0.15, 0.2) is 16.6 Å². The highest BCUT2D eigenvalue weighted by atomic mass is 35.5. The van der Waals surface area contributed by atoms with E-state index in [0.717, 1.165) is 4.70 Å². The molecular weight excluding hydrogens is 516 g/mol. The Morgan fingerprint density at radius 1 is 1.05 bits per heavy atom. The van der Waals surface area contributed by atoms with E-state index in [-0.39, 0.29) is 11.3 Å². The number of anilines is 1. The fourth-order valence-corrected chi connectivity index (χ4v) is 5.61. The molecule has 4 aromatic rings. The summed E-state index contributed by atoms with van der Waals surface area (Å²) < 4.78 is 17.3. The maximum Gasteiger partial charge on any atom is 0.301 e. The monoisotopic (exact) mass is 534 g/mol. The zero-order valence-electron chi connectivity index (χ0n) is 19.4. The van der Waals surface area contributed by atoms with Crippen LogP contribution in [0.5, 0.6) is 17.2 Å². The van der Waals surface area contributed by atoms with Crippen LogP contribution >= 0.6 is 22.9 Å². The van der Waals surface area contributed by atoms with Crippen molar-refractivity contribution in [2.24, 2.45) is 0 Å². The Bertz CT molecular complexity index is 1600. The van der Waals surface area contributed by atoms with Gasteiger partial charge in [0.25, 0.3) is 5.78 Å². The molecule has 37 heavy (non-hydrogen) atoms. The number of methoxy groups -OCH3 is 1. The van der Waals surface area contributed by atoms with Crippen LogP contribution < -0.4 is 19.1 Å². The number of amides is 1. The Morgan fingerprint density at radius 3 is 2.57 bits per heavy atom. The first kappa shape index (κ1) is 23.3. The van der Waals surface area contributed by atoms with Crippen LogP contribution in [0.3, 0.4) is 0 Å². The van der Waals surface area contributed by atoms with Crippen LogP contribution in [0, 0.1) is 0 Å². The number of aromatic nitrogens is 1. The molecule has 1 N–H and O–H groups in total. The number of fused-ring (bicyclic) bond motifs is 2. The van der Waals surface area contributed by atoms with Crippen molar-refractivity contribution in [1.29, 1.82) is 0 Å². The van der Waals surface area contributed by atoms with Gasteiger partial charge < -0.3 is 19.3 Å². The molecule has 0 saturated carbocycles. The molecule has 1 aromatic heterocycles. The van der Waals surface area contributed by atoms with Gasteiger partial charge in [-0.15, -0.1) is 0 Å². The van der Waals surface area contributed by atoms with Gasteiger partial charge in [0.2, 0.25) is 0 Å². The second kappa shape index (κ2) is 9.10. The Morgan fingerprint density at radius 2 is 1.81 bits per heavy atom. The smallest absolute Gasteiger partial charge is 0.301 e. The van der Waals surface area contributed by atoms with Crippen molar-refractivity contribution in [1.82, 2.24) is 4.98 Å². The molecule has 8 nitrogen and oxygen atoms in total. The van der Waals surface area contributed by atoms with Crippen LogP contribution in [-0.4, -0.2) is 42.1 Å². The van der Waals surface area contributed by atoms with Crippen molar-refractivity contribution in [3.8, 4) is 17.2 Å². The topological polar surface area (TPSA) is 98.2 Å². The zero-order chi connectivity index (χ0) is 25.7. The maximum atomic E-state index is 13.4. The summed E-state index contributed by atoms with van der Waals surface area (Å²) in [5, 5.41) is 12.2. The number of ether oxygens (including phenoxy) is 3. The Hall–Kier alpha value is -4.08. The minimum Gasteiger partial charge on any atom is -0.507 e. The van der Waals surface area contributed by atoms with Crippen LogP contribution in [0.15, 0.2) is 66.2 Å². The molecule has 10 heteroatoms.